The lowest BCUT2D eigenvalue weighted by Gasteiger charge is -2.11. The lowest BCUT2D eigenvalue weighted by atomic mass is 10.1. The van der Waals surface area contributed by atoms with Gasteiger partial charge in [-0.15, -0.1) is 0 Å². The summed E-state index contributed by atoms with van der Waals surface area (Å²) in [6, 6.07) is 9.65. The molecule has 0 saturated carbocycles. The van der Waals surface area contributed by atoms with Crippen molar-refractivity contribution in [2.75, 3.05) is 12.4 Å². The maximum absolute atomic E-state index is 12.6. The molecular weight excluding hydrogens is 384 g/mol. The van der Waals surface area contributed by atoms with Crippen LogP contribution in [-0.2, 0) is 11.3 Å². The lowest BCUT2D eigenvalue weighted by Crippen LogP contribution is -2.31. The molecule has 1 aromatic heterocycles. The molecule has 0 radical (unpaired) electrons. The number of fused-ring (bicyclic) bond motifs is 1. The number of methoxy groups -OCH3 is 1. The molecule has 3 aromatic rings. The van der Waals surface area contributed by atoms with E-state index in [9.17, 15) is 29.6 Å². The second kappa shape index (κ2) is 7.76. The van der Waals surface area contributed by atoms with Crippen molar-refractivity contribution in [3.63, 3.8) is 0 Å². The molecule has 0 bridgehead atoms. The number of nitrogens with zero attached hydrogens (tertiary/aromatic N) is 3. The molecule has 1 amide bonds. The third-order valence-corrected chi connectivity index (χ3v) is 4.03. The number of carboxylic acids is 1. The standard InChI is InChI=1S/C18H14N4O7/c1-29-14-7-6-10(22(27)28)8-13(14)19-15(23)9-21-17(24)12-5-3-2-4-11(12)16(20-21)18(25)26/h2-8H,9H2,1H3,(H,19,23)(H,25,26). The van der Waals surface area contributed by atoms with Gasteiger partial charge in [0.05, 0.1) is 23.1 Å². The number of aromatic carboxylic acids is 1. The molecule has 3 rings (SSSR count). The van der Waals surface area contributed by atoms with E-state index in [0.717, 1.165) is 10.7 Å². The molecule has 0 atom stereocenters. The highest BCUT2D eigenvalue weighted by atomic mass is 16.6. The summed E-state index contributed by atoms with van der Waals surface area (Å²) in [7, 11) is 1.32. The van der Waals surface area contributed by atoms with E-state index < -0.39 is 28.9 Å². The summed E-state index contributed by atoms with van der Waals surface area (Å²) in [6.45, 7) is -0.601. The van der Waals surface area contributed by atoms with Gasteiger partial charge in [-0.05, 0) is 12.1 Å². The minimum Gasteiger partial charge on any atom is -0.495 e. The van der Waals surface area contributed by atoms with Crippen LogP contribution in [0.2, 0.25) is 0 Å². The van der Waals surface area contributed by atoms with Crippen LogP contribution in [0.25, 0.3) is 10.8 Å². The minimum atomic E-state index is -1.35. The minimum absolute atomic E-state index is 0.0268. The average Bonchev–Trinajstić information content (AvgIpc) is 2.69. The molecule has 0 saturated heterocycles. The zero-order chi connectivity index (χ0) is 21.1. The summed E-state index contributed by atoms with van der Waals surface area (Å²) in [6.07, 6.45) is 0. The number of aromatic nitrogens is 2. The number of carboxylic acid groups (broad SMARTS) is 1. The predicted octanol–water partition coefficient (Wildman–Crippen LogP) is 1.65. The number of anilines is 1. The number of amides is 1. The van der Waals surface area contributed by atoms with Crippen molar-refractivity contribution in [1.29, 1.82) is 0 Å². The summed E-state index contributed by atoms with van der Waals surface area (Å²) < 4.78 is 5.79. The van der Waals surface area contributed by atoms with E-state index >= 15 is 0 Å². The first-order chi connectivity index (χ1) is 13.8. The molecule has 0 fully saturated rings. The number of rotatable bonds is 6. The normalized spacial score (nSPS) is 10.5. The molecule has 148 valence electrons. The Hall–Kier alpha value is -4.28. The number of hydrogen-bond donors (Lipinski definition) is 2. The molecule has 11 heteroatoms. The monoisotopic (exact) mass is 398 g/mol. The fraction of sp³-hybridized carbons (Fsp3) is 0.111. The van der Waals surface area contributed by atoms with Gasteiger partial charge in [-0.1, -0.05) is 18.2 Å². The van der Waals surface area contributed by atoms with Crippen LogP contribution in [0.5, 0.6) is 5.75 Å². The van der Waals surface area contributed by atoms with Gasteiger partial charge < -0.3 is 15.2 Å². The summed E-state index contributed by atoms with van der Waals surface area (Å²) in [5.41, 5.74) is -1.26. The van der Waals surface area contributed by atoms with E-state index in [1.807, 2.05) is 0 Å². The van der Waals surface area contributed by atoms with Crippen LogP contribution in [0.4, 0.5) is 11.4 Å². The molecule has 11 nitrogen and oxygen atoms in total. The van der Waals surface area contributed by atoms with Crippen molar-refractivity contribution in [2.24, 2.45) is 0 Å². The average molecular weight is 398 g/mol. The third kappa shape index (κ3) is 3.88. The van der Waals surface area contributed by atoms with E-state index in [4.69, 9.17) is 4.74 Å². The Bertz CT molecular complexity index is 1200. The zero-order valence-electron chi connectivity index (χ0n) is 15.0. The molecule has 29 heavy (non-hydrogen) atoms. The molecule has 0 aliphatic heterocycles. The molecule has 1 heterocycles. The Morgan fingerprint density at radius 3 is 2.55 bits per heavy atom. The van der Waals surface area contributed by atoms with Crippen molar-refractivity contribution >= 4 is 34.0 Å². The van der Waals surface area contributed by atoms with Crippen LogP contribution in [0.1, 0.15) is 10.5 Å². The van der Waals surface area contributed by atoms with Crippen molar-refractivity contribution in [2.45, 2.75) is 6.54 Å². The first kappa shape index (κ1) is 19.5. The Labute approximate surface area is 162 Å². The van der Waals surface area contributed by atoms with Gasteiger partial charge in [0.2, 0.25) is 5.91 Å². The number of carbonyl (C=O) groups is 2. The van der Waals surface area contributed by atoms with Gasteiger partial charge in [0.25, 0.3) is 11.2 Å². The second-order valence-corrected chi connectivity index (χ2v) is 5.85. The number of ether oxygens (including phenoxy) is 1. The molecule has 0 unspecified atom stereocenters. The van der Waals surface area contributed by atoms with Gasteiger partial charge in [-0.25, -0.2) is 9.48 Å². The smallest absolute Gasteiger partial charge is 0.357 e. The number of carbonyl (C=O) groups excluding carboxylic acids is 1. The fourth-order valence-corrected chi connectivity index (χ4v) is 2.73. The van der Waals surface area contributed by atoms with Gasteiger partial charge in [0, 0.05) is 17.5 Å². The van der Waals surface area contributed by atoms with Crippen molar-refractivity contribution in [3.05, 3.63) is 68.6 Å². The maximum atomic E-state index is 12.6. The highest BCUT2D eigenvalue weighted by molar-refractivity contribution is 6.01. The number of nitro benzene ring substituents is 1. The Balaban J connectivity index is 1.96. The van der Waals surface area contributed by atoms with Crippen molar-refractivity contribution in [1.82, 2.24) is 9.78 Å². The van der Waals surface area contributed by atoms with E-state index in [-0.39, 0.29) is 33.6 Å². The SMILES string of the molecule is COc1ccc([N+](=O)[O-])cc1NC(=O)Cn1nc(C(=O)O)c2ccccc2c1=O. The molecule has 0 aliphatic carbocycles. The third-order valence-electron chi connectivity index (χ3n) is 4.03. The Morgan fingerprint density at radius 2 is 1.93 bits per heavy atom. The second-order valence-electron chi connectivity index (χ2n) is 5.85. The summed E-state index contributed by atoms with van der Waals surface area (Å²) >= 11 is 0. The Kier molecular flexibility index (Phi) is 5.21. The first-order valence-electron chi connectivity index (χ1n) is 8.17. The highest BCUT2D eigenvalue weighted by Gasteiger charge is 2.18. The number of nitro groups is 1. The number of benzene rings is 2. The van der Waals surface area contributed by atoms with Gasteiger partial charge in [-0.3, -0.25) is 19.7 Å². The largest absolute Gasteiger partial charge is 0.495 e. The molecule has 2 aromatic carbocycles. The maximum Gasteiger partial charge on any atom is 0.357 e. The van der Waals surface area contributed by atoms with Crippen LogP contribution in [-0.4, -0.2) is 38.8 Å². The van der Waals surface area contributed by atoms with Crippen LogP contribution in [0.15, 0.2) is 47.3 Å². The quantitative estimate of drug-likeness (QED) is 0.469. The zero-order valence-corrected chi connectivity index (χ0v) is 15.0. The van der Waals surface area contributed by atoms with Crippen LogP contribution in [0, 0.1) is 10.1 Å². The van der Waals surface area contributed by atoms with Crippen molar-refractivity contribution < 1.29 is 24.4 Å². The van der Waals surface area contributed by atoms with Crippen LogP contribution in [0.3, 0.4) is 0 Å². The van der Waals surface area contributed by atoms with E-state index in [1.165, 1.54) is 31.4 Å². The Morgan fingerprint density at radius 1 is 1.24 bits per heavy atom. The van der Waals surface area contributed by atoms with E-state index in [1.54, 1.807) is 12.1 Å². The lowest BCUT2D eigenvalue weighted by molar-refractivity contribution is -0.384. The summed E-state index contributed by atoms with van der Waals surface area (Å²) in [5.74, 6) is -1.92. The highest BCUT2D eigenvalue weighted by Crippen LogP contribution is 2.28. The summed E-state index contributed by atoms with van der Waals surface area (Å²) in [4.78, 5) is 46.8. The predicted molar refractivity (Wildman–Crippen MR) is 101 cm³/mol. The van der Waals surface area contributed by atoms with E-state index in [2.05, 4.69) is 10.4 Å². The molecule has 0 aliphatic rings. The fourth-order valence-electron chi connectivity index (χ4n) is 2.73. The number of hydrogen-bond acceptors (Lipinski definition) is 7. The number of non-ortho nitro benzene ring substituents is 1. The topological polar surface area (TPSA) is 154 Å². The summed E-state index contributed by atoms with van der Waals surface area (Å²) in [5, 5.41) is 26.7. The van der Waals surface area contributed by atoms with Gasteiger partial charge >= 0.3 is 5.97 Å². The van der Waals surface area contributed by atoms with Gasteiger partial charge in [-0.2, -0.15) is 5.10 Å². The van der Waals surface area contributed by atoms with Gasteiger partial charge in [0.15, 0.2) is 5.69 Å². The van der Waals surface area contributed by atoms with Crippen LogP contribution >= 0.6 is 0 Å². The number of nitrogens with one attached hydrogen (secondary N) is 1. The first-order valence-corrected chi connectivity index (χ1v) is 8.17. The van der Waals surface area contributed by atoms with Crippen LogP contribution < -0.4 is 15.6 Å². The van der Waals surface area contributed by atoms with Crippen molar-refractivity contribution in [3.8, 4) is 5.75 Å². The molecular formula is C18H14N4O7. The van der Waals surface area contributed by atoms with E-state index in [0.29, 0.717) is 0 Å². The molecule has 2 N–H and O–H groups in total. The molecule has 0 spiro atoms. The van der Waals surface area contributed by atoms with Gasteiger partial charge in [0.1, 0.15) is 12.3 Å².